The van der Waals surface area contributed by atoms with Crippen molar-refractivity contribution in [1.82, 2.24) is 30.2 Å². The number of H-pyrrole nitrogens is 1. The molecule has 0 aliphatic heterocycles. The Morgan fingerprint density at radius 3 is 2.56 bits per heavy atom. The van der Waals surface area contributed by atoms with Crippen molar-refractivity contribution in [1.29, 1.82) is 0 Å². The van der Waals surface area contributed by atoms with Crippen molar-refractivity contribution in [3.63, 3.8) is 0 Å². The molecule has 0 radical (unpaired) electrons. The summed E-state index contributed by atoms with van der Waals surface area (Å²) in [6, 6.07) is 19.3. The van der Waals surface area contributed by atoms with Gasteiger partial charge in [0.2, 0.25) is 0 Å². The minimum Gasteiger partial charge on any atom is -0.491 e. The number of carboxylic acid groups (broad SMARTS) is 1. The molecule has 170 valence electrons. The van der Waals surface area contributed by atoms with Crippen molar-refractivity contribution in [2.24, 2.45) is 0 Å². The summed E-state index contributed by atoms with van der Waals surface area (Å²) in [6.07, 6.45) is 2.52. The second-order valence-electron chi connectivity index (χ2n) is 7.83. The van der Waals surface area contributed by atoms with Gasteiger partial charge in [0.15, 0.2) is 5.82 Å². The first-order valence-electron chi connectivity index (χ1n) is 10.9. The van der Waals surface area contributed by atoms with E-state index >= 15 is 0 Å². The molecule has 9 heteroatoms. The lowest BCUT2D eigenvalue weighted by atomic mass is 9.98. The molecule has 0 atom stereocenters. The van der Waals surface area contributed by atoms with Gasteiger partial charge in [-0.2, -0.15) is 0 Å². The number of carboxylic acids is 1. The summed E-state index contributed by atoms with van der Waals surface area (Å²) >= 11 is 0. The van der Waals surface area contributed by atoms with Crippen LogP contribution in [0.4, 0.5) is 0 Å². The molecule has 5 aromatic rings. The fourth-order valence-electron chi connectivity index (χ4n) is 3.98. The number of ether oxygens (including phenoxy) is 1. The first kappa shape index (κ1) is 21.3. The van der Waals surface area contributed by atoms with Gasteiger partial charge in [0.25, 0.3) is 0 Å². The minimum absolute atomic E-state index is 0.197. The third-order valence-corrected chi connectivity index (χ3v) is 5.57. The number of nitrogens with zero attached hydrogens (tertiary/aromatic N) is 5. The van der Waals surface area contributed by atoms with Gasteiger partial charge in [-0.1, -0.05) is 55.5 Å². The van der Waals surface area contributed by atoms with Gasteiger partial charge in [-0.25, -0.2) is 14.9 Å². The summed E-state index contributed by atoms with van der Waals surface area (Å²) in [7, 11) is 0. The van der Waals surface area contributed by atoms with E-state index in [9.17, 15) is 9.90 Å². The molecule has 34 heavy (non-hydrogen) atoms. The van der Waals surface area contributed by atoms with Gasteiger partial charge < -0.3 is 14.4 Å². The summed E-state index contributed by atoms with van der Waals surface area (Å²) in [5.74, 6) is 0.198. The Kier molecular flexibility index (Phi) is 5.73. The third kappa shape index (κ3) is 3.99. The molecule has 0 bridgehead atoms. The first-order chi connectivity index (χ1) is 16.7. The molecule has 2 heterocycles. The van der Waals surface area contributed by atoms with Crippen LogP contribution in [0.25, 0.3) is 33.5 Å². The highest BCUT2D eigenvalue weighted by molar-refractivity contribution is 6.03. The molecule has 0 saturated heterocycles. The van der Waals surface area contributed by atoms with Gasteiger partial charge in [0, 0.05) is 12.1 Å². The Labute approximate surface area is 195 Å². The molecule has 2 aromatic heterocycles. The lowest BCUT2D eigenvalue weighted by Gasteiger charge is -2.11. The van der Waals surface area contributed by atoms with E-state index in [4.69, 9.17) is 4.74 Å². The highest BCUT2D eigenvalue weighted by Gasteiger charge is 2.18. The molecule has 0 spiro atoms. The molecular formula is C25H22N6O3. The van der Waals surface area contributed by atoms with E-state index in [1.165, 1.54) is 0 Å². The van der Waals surface area contributed by atoms with Gasteiger partial charge >= 0.3 is 5.97 Å². The van der Waals surface area contributed by atoms with Crippen molar-refractivity contribution in [2.75, 3.05) is 6.61 Å². The number of aromatic nitrogens is 6. The van der Waals surface area contributed by atoms with Crippen LogP contribution in [0.1, 0.15) is 29.3 Å². The molecular weight excluding hydrogens is 432 g/mol. The number of rotatable bonds is 8. The summed E-state index contributed by atoms with van der Waals surface area (Å²) in [4.78, 5) is 16.3. The highest BCUT2D eigenvalue weighted by atomic mass is 16.5. The molecule has 0 aliphatic rings. The van der Waals surface area contributed by atoms with Gasteiger partial charge in [-0.15, -0.1) is 5.10 Å². The monoisotopic (exact) mass is 454 g/mol. The van der Waals surface area contributed by atoms with E-state index in [0.717, 1.165) is 28.7 Å². The molecule has 2 N–H and O–H groups in total. The van der Waals surface area contributed by atoms with Gasteiger partial charge in [-0.3, -0.25) is 0 Å². The summed E-state index contributed by atoms with van der Waals surface area (Å²) < 4.78 is 7.64. The lowest BCUT2D eigenvalue weighted by molar-refractivity contribution is 0.0698. The third-order valence-electron chi connectivity index (χ3n) is 5.57. The van der Waals surface area contributed by atoms with E-state index in [1.807, 2.05) is 60.0 Å². The molecule has 5 rings (SSSR count). The topological polar surface area (TPSA) is 119 Å². The van der Waals surface area contributed by atoms with Crippen molar-refractivity contribution in [2.45, 2.75) is 19.9 Å². The SMILES string of the molecule is CCCOc1ccc(C(=O)O)c2c1ncn2Cc1ccc(-c2ccccc2-c2nnn[nH]2)cc1. The second-order valence-corrected chi connectivity index (χ2v) is 7.83. The molecule has 0 aliphatic carbocycles. The second kappa shape index (κ2) is 9.14. The van der Waals surface area contributed by atoms with E-state index in [2.05, 4.69) is 25.6 Å². The quantitative estimate of drug-likeness (QED) is 0.356. The highest BCUT2D eigenvalue weighted by Crippen LogP contribution is 2.31. The first-order valence-corrected chi connectivity index (χ1v) is 10.9. The van der Waals surface area contributed by atoms with Crippen LogP contribution in [0, 0.1) is 0 Å². The Bertz CT molecular complexity index is 1440. The van der Waals surface area contributed by atoms with Crippen molar-refractivity contribution < 1.29 is 14.6 Å². The van der Waals surface area contributed by atoms with E-state index in [-0.39, 0.29) is 5.56 Å². The number of carbonyl (C=O) groups is 1. The largest absolute Gasteiger partial charge is 0.491 e. The number of imidazole rings is 1. The van der Waals surface area contributed by atoms with E-state index in [1.54, 1.807) is 18.5 Å². The number of aromatic amines is 1. The number of nitrogens with one attached hydrogen (secondary N) is 1. The predicted molar refractivity (Wildman–Crippen MR) is 127 cm³/mol. The normalized spacial score (nSPS) is 11.1. The summed E-state index contributed by atoms with van der Waals surface area (Å²) in [5, 5.41) is 23.9. The number of aromatic carboxylic acids is 1. The van der Waals surface area contributed by atoms with Gasteiger partial charge in [-0.05, 0) is 45.7 Å². The molecule has 0 saturated carbocycles. The molecule has 0 amide bonds. The van der Waals surface area contributed by atoms with Crippen LogP contribution in [0.3, 0.4) is 0 Å². The minimum atomic E-state index is -0.998. The Morgan fingerprint density at radius 1 is 1.06 bits per heavy atom. The van der Waals surface area contributed by atoms with Crippen LogP contribution in [-0.2, 0) is 6.54 Å². The van der Waals surface area contributed by atoms with Crippen LogP contribution >= 0.6 is 0 Å². The van der Waals surface area contributed by atoms with Crippen LogP contribution in [0.2, 0.25) is 0 Å². The zero-order valence-corrected chi connectivity index (χ0v) is 18.5. The number of hydrogen-bond donors (Lipinski definition) is 2. The van der Waals surface area contributed by atoms with Crippen LogP contribution < -0.4 is 4.74 Å². The number of fused-ring (bicyclic) bond motifs is 1. The predicted octanol–water partition coefficient (Wildman–Crippen LogP) is 4.42. The number of hydrogen-bond acceptors (Lipinski definition) is 6. The maximum absolute atomic E-state index is 11.9. The fraction of sp³-hybridized carbons (Fsp3) is 0.160. The van der Waals surface area contributed by atoms with Crippen LogP contribution in [0.5, 0.6) is 5.75 Å². The van der Waals surface area contributed by atoms with Gasteiger partial charge in [0.05, 0.1) is 24.0 Å². The smallest absolute Gasteiger partial charge is 0.337 e. The van der Waals surface area contributed by atoms with E-state index in [0.29, 0.717) is 35.8 Å². The standard InChI is InChI=1S/C25H22N6O3/c1-2-13-34-21-12-11-20(25(32)33)23-22(21)26-15-31(23)14-16-7-9-17(10-8-16)18-5-3-4-6-19(18)24-27-29-30-28-24/h3-12,15H,2,13-14H2,1H3,(H,32,33)(H,27,28,29,30). The maximum atomic E-state index is 11.9. The molecule has 0 unspecified atom stereocenters. The van der Waals surface area contributed by atoms with Crippen molar-refractivity contribution in [3.8, 4) is 28.3 Å². The molecule has 3 aromatic carbocycles. The van der Waals surface area contributed by atoms with Crippen LogP contribution in [0.15, 0.2) is 67.0 Å². The average Bonchev–Trinajstić information content (AvgIpc) is 3.54. The lowest BCUT2D eigenvalue weighted by Crippen LogP contribution is -2.05. The zero-order valence-electron chi connectivity index (χ0n) is 18.5. The molecule has 0 fully saturated rings. The average molecular weight is 454 g/mol. The van der Waals surface area contributed by atoms with Crippen molar-refractivity contribution in [3.05, 3.63) is 78.1 Å². The number of tetrazole rings is 1. The zero-order chi connectivity index (χ0) is 23.5. The van der Waals surface area contributed by atoms with Crippen LogP contribution in [-0.4, -0.2) is 47.9 Å². The van der Waals surface area contributed by atoms with E-state index < -0.39 is 5.97 Å². The summed E-state index contributed by atoms with van der Waals surface area (Å²) in [6.45, 7) is 3.04. The summed E-state index contributed by atoms with van der Waals surface area (Å²) in [5.41, 5.74) is 5.25. The fourth-order valence-corrected chi connectivity index (χ4v) is 3.98. The van der Waals surface area contributed by atoms with Gasteiger partial charge in [0.1, 0.15) is 11.3 Å². The molecule has 9 nitrogen and oxygen atoms in total. The maximum Gasteiger partial charge on any atom is 0.337 e. The van der Waals surface area contributed by atoms with Crippen molar-refractivity contribution >= 4 is 17.0 Å². The number of benzene rings is 3. The Hall–Kier alpha value is -4.53. The Balaban J connectivity index is 1.47. The Morgan fingerprint density at radius 2 is 1.85 bits per heavy atom.